The molecule has 0 bridgehead atoms. The quantitative estimate of drug-likeness (QED) is 0.286. The summed E-state index contributed by atoms with van der Waals surface area (Å²) in [6, 6.07) is 0. The van der Waals surface area contributed by atoms with Gasteiger partial charge in [-0.15, -0.1) is 0 Å². The minimum atomic E-state index is -0.923. The predicted molar refractivity (Wildman–Crippen MR) is 165 cm³/mol. The summed E-state index contributed by atoms with van der Waals surface area (Å²) in [5, 5.41) is 23.2. The molecular formula is C33H38N4O6. The molecule has 10 heteroatoms. The van der Waals surface area contributed by atoms with Crippen LogP contribution in [0, 0.1) is 19.8 Å². The fourth-order valence-corrected chi connectivity index (χ4v) is 5.77. The van der Waals surface area contributed by atoms with Crippen LogP contribution < -0.4 is 16.0 Å². The van der Waals surface area contributed by atoms with Gasteiger partial charge in [-0.3, -0.25) is 19.2 Å². The number of aromatic nitrogens is 2. The Morgan fingerprint density at radius 2 is 1.53 bits per heavy atom. The van der Waals surface area contributed by atoms with Gasteiger partial charge in [0.2, 0.25) is 5.91 Å². The first kappa shape index (κ1) is 31.2. The minimum Gasteiger partial charge on any atom is -0.481 e. The van der Waals surface area contributed by atoms with Crippen molar-refractivity contribution in [1.29, 1.82) is 0 Å². The smallest absolute Gasteiger partial charge is 0.303 e. The van der Waals surface area contributed by atoms with Gasteiger partial charge < -0.3 is 25.5 Å². The summed E-state index contributed by atoms with van der Waals surface area (Å²) < 4.78 is 0. The lowest BCUT2D eigenvalue weighted by Gasteiger charge is -2.03. The number of rotatable bonds is 10. The van der Waals surface area contributed by atoms with Crippen LogP contribution in [0.15, 0.2) is 33.5 Å². The highest BCUT2D eigenvalue weighted by Gasteiger charge is 2.29. The molecule has 43 heavy (non-hydrogen) atoms. The number of carbonyl (C=O) groups excluding carboxylic acids is 2. The summed E-state index contributed by atoms with van der Waals surface area (Å²) in [6.45, 7) is 11.3. The fourth-order valence-electron chi connectivity index (χ4n) is 5.77. The topological polar surface area (TPSA) is 165 Å². The predicted octanol–water partition coefficient (Wildman–Crippen LogP) is 3.36. The number of hydrogen-bond donors (Lipinski definition) is 5. The maximum Gasteiger partial charge on any atom is 0.303 e. The molecule has 4 heterocycles. The standard InChI is InChI=1S/C33H38N4O6/c1-7-20-19(6)32(42)37-27(20)14-25-18(5)23(10-12-31(40)41)29(35-25)15-28-22(9-11-30(38)39)17(4)24(34-28)13-26-16(3)21(8-2)33(43)36-26/h7,13-15,19,34-35H,8-12H2,1-6H3,(H,37,42)(H,38,39)(H,40,41)/b20-7+,24-13+,27-14-,28-15-/t19-/m0/s1. The van der Waals surface area contributed by atoms with Crippen LogP contribution in [0.4, 0.5) is 0 Å². The highest BCUT2D eigenvalue weighted by molar-refractivity contribution is 6.30. The van der Waals surface area contributed by atoms with Crippen molar-refractivity contribution in [3.05, 3.63) is 72.8 Å². The highest BCUT2D eigenvalue weighted by Crippen LogP contribution is 2.29. The van der Waals surface area contributed by atoms with E-state index in [2.05, 4.69) is 20.3 Å². The van der Waals surface area contributed by atoms with E-state index in [0.717, 1.165) is 39.1 Å². The Labute approximate surface area is 249 Å². The van der Waals surface area contributed by atoms with E-state index < -0.39 is 11.9 Å². The molecule has 0 aromatic carbocycles. The van der Waals surface area contributed by atoms with E-state index in [-0.39, 0.29) is 43.4 Å². The largest absolute Gasteiger partial charge is 0.481 e. The molecule has 10 nitrogen and oxygen atoms in total. The lowest BCUT2D eigenvalue weighted by Crippen LogP contribution is -2.16. The zero-order chi connectivity index (χ0) is 31.6. The first-order valence-electron chi connectivity index (χ1n) is 14.4. The van der Waals surface area contributed by atoms with Crippen molar-refractivity contribution in [2.45, 2.75) is 73.6 Å². The van der Waals surface area contributed by atoms with Crippen molar-refractivity contribution in [1.82, 2.24) is 15.3 Å². The van der Waals surface area contributed by atoms with E-state index in [0.29, 0.717) is 39.8 Å². The van der Waals surface area contributed by atoms with Gasteiger partial charge in [-0.25, -0.2) is 4.99 Å². The highest BCUT2D eigenvalue weighted by atomic mass is 16.4. The van der Waals surface area contributed by atoms with Gasteiger partial charge in [0.05, 0.1) is 11.6 Å². The number of aliphatic carboxylic acids is 2. The molecule has 0 saturated carbocycles. The number of carboxylic acid groups (broad SMARTS) is 2. The first-order valence-corrected chi connectivity index (χ1v) is 14.4. The van der Waals surface area contributed by atoms with Crippen molar-refractivity contribution in [2.75, 3.05) is 0 Å². The van der Waals surface area contributed by atoms with Gasteiger partial charge in [-0.05, 0) is 106 Å². The molecule has 2 aromatic rings. The van der Waals surface area contributed by atoms with Crippen LogP contribution in [0.25, 0.3) is 18.2 Å². The van der Waals surface area contributed by atoms with E-state index in [1.807, 2.05) is 65.8 Å². The molecule has 4 rings (SSSR count). The van der Waals surface area contributed by atoms with E-state index >= 15 is 0 Å². The normalized spacial score (nSPS) is 19.8. The Kier molecular flexibility index (Phi) is 9.18. The molecule has 226 valence electrons. The zero-order valence-corrected chi connectivity index (χ0v) is 25.4. The number of H-pyrrole nitrogens is 2. The molecule has 1 atom stereocenters. The first-order chi connectivity index (χ1) is 20.4. The Hall–Kier alpha value is -4.73. The van der Waals surface area contributed by atoms with Crippen LogP contribution in [0.5, 0.6) is 0 Å². The van der Waals surface area contributed by atoms with Crippen LogP contribution in [0.3, 0.4) is 0 Å². The Morgan fingerprint density at radius 1 is 0.884 bits per heavy atom. The Balaban J connectivity index is 1.91. The monoisotopic (exact) mass is 586 g/mol. The van der Waals surface area contributed by atoms with Crippen LogP contribution >= 0.6 is 0 Å². The van der Waals surface area contributed by atoms with E-state index in [1.165, 1.54) is 0 Å². The van der Waals surface area contributed by atoms with Gasteiger partial charge in [0.1, 0.15) is 0 Å². The number of aliphatic imine (C=N–C) groups is 1. The minimum absolute atomic E-state index is 0.0721. The molecule has 1 saturated heterocycles. The molecule has 0 radical (unpaired) electrons. The molecule has 1 fully saturated rings. The number of aromatic amines is 2. The van der Waals surface area contributed by atoms with Crippen LogP contribution in [-0.4, -0.2) is 49.6 Å². The lowest BCUT2D eigenvalue weighted by atomic mass is 10.00. The van der Waals surface area contributed by atoms with Crippen molar-refractivity contribution < 1.29 is 29.4 Å². The number of carboxylic acids is 2. The average Bonchev–Trinajstić information content (AvgIpc) is 3.59. The van der Waals surface area contributed by atoms with Crippen molar-refractivity contribution in [2.24, 2.45) is 10.9 Å². The summed E-state index contributed by atoms with van der Waals surface area (Å²) in [6.07, 6.45) is 8.45. The molecule has 2 amide bonds. The van der Waals surface area contributed by atoms with Crippen LogP contribution in [0.1, 0.15) is 80.6 Å². The van der Waals surface area contributed by atoms with Crippen LogP contribution in [0.2, 0.25) is 0 Å². The zero-order valence-electron chi connectivity index (χ0n) is 25.4. The third kappa shape index (κ3) is 6.38. The van der Waals surface area contributed by atoms with Gasteiger partial charge in [-0.2, -0.15) is 0 Å². The van der Waals surface area contributed by atoms with Gasteiger partial charge in [0.25, 0.3) is 5.91 Å². The molecule has 0 spiro atoms. The summed E-state index contributed by atoms with van der Waals surface area (Å²) in [4.78, 5) is 58.8. The maximum absolute atomic E-state index is 12.3. The van der Waals surface area contributed by atoms with Gasteiger partial charge in [0, 0.05) is 46.2 Å². The third-order valence-corrected chi connectivity index (χ3v) is 8.35. The molecule has 0 aliphatic carbocycles. The number of hydrogen-bond acceptors (Lipinski definition) is 4. The van der Waals surface area contributed by atoms with Crippen molar-refractivity contribution in [3.8, 4) is 0 Å². The third-order valence-electron chi connectivity index (χ3n) is 8.35. The van der Waals surface area contributed by atoms with Crippen molar-refractivity contribution in [3.63, 3.8) is 0 Å². The molecule has 2 aliphatic heterocycles. The van der Waals surface area contributed by atoms with E-state index in [4.69, 9.17) is 0 Å². The SMILES string of the molecule is C/C=C1/C(=C/c2[nH]c(/C=c3\[nH]/c(=C/C4=NC(=O)C(CC)=C4C)c(C)c3CCC(=O)O)c(CCC(=O)O)c2C)NC(=O)[C@H]1C. The summed E-state index contributed by atoms with van der Waals surface area (Å²) in [7, 11) is 0. The second-order valence-electron chi connectivity index (χ2n) is 11.0. The van der Waals surface area contributed by atoms with Crippen LogP contribution in [-0.2, 0) is 32.0 Å². The second kappa shape index (κ2) is 12.6. The van der Waals surface area contributed by atoms with Crippen molar-refractivity contribution >= 4 is 47.7 Å². The average molecular weight is 587 g/mol. The Morgan fingerprint density at radius 3 is 2.12 bits per heavy atom. The molecule has 2 aromatic heterocycles. The summed E-state index contributed by atoms with van der Waals surface area (Å²) in [5.41, 5.74) is 8.40. The molecular weight excluding hydrogens is 548 g/mol. The second-order valence-corrected chi connectivity index (χ2v) is 11.0. The Bertz CT molecular complexity index is 1780. The summed E-state index contributed by atoms with van der Waals surface area (Å²) >= 11 is 0. The van der Waals surface area contributed by atoms with E-state index in [9.17, 15) is 29.4 Å². The lowest BCUT2D eigenvalue weighted by molar-refractivity contribution is -0.138. The van der Waals surface area contributed by atoms with Gasteiger partial charge in [0.15, 0.2) is 0 Å². The molecule has 5 N–H and O–H groups in total. The van der Waals surface area contributed by atoms with E-state index in [1.54, 1.807) is 0 Å². The van der Waals surface area contributed by atoms with Gasteiger partial charge in [-0.1, -0.05) is 13.0 Å². The number of allylic oxidation sites excluding steroid dienone is 3. The molecule has 0 unspecified atom stereocenters. The molecule has 2 aliphatic rings. The number of amides is 2. The summed E-state index contributed by atoms with van der Waals surface area (Å²) in [5.74, 6) is -2.44. The number of nitrogens with zero attached hydrogens (tertiary/aromatic N) is 1. The number of nitrogens with one attached hydrogen (secondary N) is 3. The maximum atomic E-state index is 12.3. The number of carbonyl (C=O) groups is 4. The van der Waals surface area contributed by atoms with Gasteiger partial charge >= 0.3 is 11.9 Å². The fraction of sp³-hybridized carbons (Fsp3) is 0.364.